The molecule has 1 heterocycles. The first kappa shape index (κ1) is 5.84. The van der Waals surface area contributed by atoms with Gasteiger partial charge in [0.05, 0.1) is 18.1 Å². The summed E-state index contributed by atoms with van der Waals surface area (Å²) in [6.07, 6.45) is 4.93. The van der Waals surface area contributed by atoms with Gasteiger partial charge in [-0.05, 0) is 0 Å². The van der Waals surface area contributed by atoms with Crippen molar-refractivity contribution in [1.82, 2.24) is 9.78 Å². The van der Waals surface area contributed by atoms with E-state index in [1.165, 1.54) is 0 Å². The molecule has 1 aromatic heterocycles. The Kier molecular flexibility index (Phi) is 1.51. The normalized spacial score (nSPS) is 9.00. The summed E-state index contributed by atoms with van der Waals surface area (Å²) in [7, 11) is 0. The van der Waals surface area contributed by atoms with Crippen molar-refractivity contribution in [3.63, 3.8) is 0 Å². The average molecular weight is 124 g/mol. The lowest BCUT2D eigenvalue weighted by atomic mass is 10.6. The molecule has 9 heavy (non-hydrogen) atoms. The molecule has 0 aliphatic carbocycles. The highest BCUT2D eigenvalue weighted by atomic mass is 15.3. The number of aromatic nitrogens is 2. The van der Waals surface area contributed by atoms with Crippen molar-refractivity contribution in [3.05, 3.63) is 19.0 Å². The Morgan fingerprint density at radius 3 is 3.00 bits per heavy atom. The third-order valence-electron chi connectivity index (χ3n) is 0.955. The molecule has 0 aliphatic heterocycles. The molecule has 4 nitrogen and oxygen atoms in total. The van der Waals surface area contributed by atoms with E-state index in [9.17, 15) is 0 Å². The largest absolute Gasteiger partial charge is 0.321 e. The summed E-state index contributed by atoms with van der Waals surface area (Å²) in [5.74, 6) is 5.08. The van der Waals surface area contributed by atoms with Crippen LogP contribution in [0.2, 0.25) is 0 Å². The van der Waals surface area contributed by atoms with Gasteiger partial charge >= 0.3 is 0 Å². The van der Waals surface area contributed by atoms with Gasteiger partial charge in [0.15, 0.2) is 0 Å². The van der Waals surface area contributed by atoms with Crippen LogP contribution >= 0.6 is 0 Å². The van der Waals surface area contributed by atoms with Gasteiger partial charge in [-0.15, -0.1) is 0 Å². The Morgan fingerprint density at radius 1 is 1.89 bits per heavy atom. The molecule has 3 N–H and O–H groups in total. The molecule has 48 valence electrons. The first-order valence-corrected chi connectivity index (χ1v) is 2.50. The number of nitrogens with two attached hydrogens (primary N) is 1. The van der Waals surface area contributed by atoms with Gasteiger partial charge in [0.25, 0.3) is 0 Å². The summed E-state index contributed by atoms with van der Waals surface area (Å²) >= 11 is 0. The number of hydrazine groups is 1. The SMILES string of the molecule is C=Cn1cc(NN)cn1. The second-order valence-electron chi connectivity index (χ2n) is 1.54. The topological polar surface area (TPSA) is 55.9 Å². The summed E-state index contributed by atoms with van der Waals surface area (Å²) in [6.45, 7) is 3.51. The highest BCUT2D eigenvalue weighted by Crippen LogP contribution is 2.00. The zero-order valence-electron chi connectivity index (χ0n) is 4.91. The number of nitrogens with zero attached hydrogens (tertiary/aromatic N) is 2. The van der Waals surface area contributed by atoms with Crippen LogP contribution in [0.1, 0.15) is 0 Å². The van der Waals surface area contributed by atoms with Gasteiger partial charge in [0, 0.05) is 6.20 Å². The van der Waals surface area contributed by atoms with E-state index in [2.05, 4.69) is 17.1 Å². The molecule has 0 fully saturated rings. The molecule has 0 aromatic carbocycles. The van der Waals surface area contributed by atoms with Crippen LogP contribution < -0.4 is 11.3 Å². The predicted octanol–water partition coefficient (Wildman–Crippen LogP) is 0.269. The van der Waals surface area contributed by atoms with E-state index in [0.29, 0.717) is 0 Å². The molecule has 4 heteroatoms. The second kappa shape index (κ2) is 2.32. The quantitative estimate of drug-likeness (QED) is 0.439. The fraction of sp³-hybridized carbons (Fsp3) is 0. The molecule has 0 saturated carbocycles. The predicted molar refractivity (Wildman–Crippen MR) is 36.4 cm³/mol. The van der Waals surface area contributed by atoms with Crippen LogP contribution in [-0.2, 0) is 0 Å². The van der Waals surface area contributed by atoms with Crippen molar-refractivity contribution in [3.8, 4) is 0 Å². The number of anilines is 1. The van der Waals surface area contributed by atoms with Crippen LogP contribution in [-0.4, -0.2) is 9.78 Å². The minimum absolute atomic E-state index is 0.773. The zero-order chi connectivity index (χ0) is 6.69. The van der Waals surface area contributed by atoms with E-state index < -0.39 is 0 Å². The van der Waals surface area contributed by atoms with Gasteiger partial charge in [0.2, 0.25) is 0 Å². The lowest BCUT2D eigenvalue weighted by Gasteiger charge is -1.87. The maximum Gasteiger partial charge on any atom is 0.0872 e. The Morgan fingerprint density at radius 2 is 2.67 bits per heavy atom. The minimum atomic E-state index is 0.773. The van der Waals surface area contributed by atoms with Crippen molar-refractivity contribution < 1.29 is 0 Å². The lowest BCUT2D eigenvalue weighted by Crippen LogP contribution is -2.05. The molecule has 0 atom stereocenters. The molecule has 1 aromatic rings. The van der Waals surface area contributed by atoms with Gasteiger partial charge in [-0.3, -0.25) is 5.84 Å². The summed E-state index contributed by atoms with van der Waals surface area (Å²) in [6, 6.07) is 0. The molecule has 0 aliphatic rings. The van der Waals surface area contributed by atoms with Gasteiger partial charge in [-0.25, -0.2) is 4.68 Å². The fourth-order valence-electron chi connectivity index (χ4n) is 0.512. The van der Waals surface area contributed by atoms with Crippen LogP contribution in [0.4, 0.5) is 5.69 Å². The highest BCUT2D eigenvalue weighted by Gasteiger charge is 1.88. The van der Waals surface area contributed by atoms with E-state index >= 15 is 0 Å². The van der Waals surface area contributed by atoms with E-state index in [-0.39, 0.29) is 0 Å². The average Bonchev–Trinajstić information content (AvgIpc) is 2.34. The summed E-state index contributed by atoms with van der Waals surface area (Å²) in [5.41, 5.74) is 3.22. The smallest absolute Gasteiger partial charge is 0.0872 e. The van der Waals surface area contributed by atoms with Crippen LogP contribution in [0.3, 0.4) is 0 Å². The summed E-state index contributed by atoms with van der Waals surface area (Å²) in [4.78, 5) is 0. The van der Waals surface area contributed by atoms with Gasteiger partial charge < -0.3 is 5.43 Å². The first-order valence-electron chi connectivity index (χ1n) is 2.50. The number of nitrogens with one attached hydrogen (secondary N) is 1. The highest BCUT2D eigenvalue weighted by molar-refractivity contribution is 5.38. The monoisotopic (exact) mass is 124 g/mol. The molecule has 1 rings (SSSR count). The second-order valence-corrected chi connectivity index (χ2v) is 1.54. The molecule has 0 bridgehead atoms. The molecule has 0 amide bonds. The molecule has 0 saturated heterocycles. The van der Waals surface area contributed by atoms with Crippen LogP contribution in [0.15, 0.2) is 19.0 Å². The first-order chi connectivity index (χ1) is 4.36. The van der Waals surface area contributed by atoms with Crippen molar-refractivity contribution in [2.75, 3.05) is 5.43 Å². The Balaban J connectivity index is 2.86. The molecule has 0 spiro atoms. The number of hydrogen-bond donors (Lipinski definition) is 2. The van der Waals surface area contributed by atoms with Crippen molar-refractivity contribution in [1.29, 1.82) is 0 Å². The Labute approximate surface area is 52.9 Å². The third kappa shape index (κ3) is 1.09. The minimum Gasteiger partial charge on any atom is -0.321 e. The van der Waals surface area contributed by atoms with Gasteiger partial charge in [-0.2, -0.15) is 5.10 Å². The van der Waals surface area contributed by atoms with Crippen LogP contribution in [0, 0.1) is 0 Å². The zero-order valence-corrected chi connectivity index (χ0v) is 4.91. The van der Waals surface area contributed by atoms with Gasteiger partial charge in [0.1, 0.15) is 0 Å². The van der Waals surface area contributed by atoms with E-state index in [1.807, 2.05) is 0 Å². The standard InChI is InChI=1S/C5H8N4/c1-2-9-4-5(8-6)3-7-9/h2-4,8H,1,6H2. The summed E-state index contributed by atoms with van der Waals surface area (Å²) < 4.78 is 1.56. The summed E-state index contributed by atoms with van der Waals surface area (Å²) in [5, 5.41) is 3.86. The fourth-order valence-corrected chi connectivity index (χ4v) is 0.512. The Bertz CT molecular complexity index is 202. The lowest BCUT2D eigenvalue weighted by molar-refractivity contribution is 0.937. The molecule has 0 unspecified atom stereocenters. The Hall–Kier alpha value is -1.29. The maximum atomic E-state index is 5.08. The van der Waals surface area contributed by atoms with E-state index in [1.54, 1.807) is 23.3 Å². The van der Waals surface area contributed by atoms with E-state index in [4.69, 9.17) is 5.84 Å². The number of rotatable bonds is 2. The number of nitrogen functional groups attached to an aromatic ring is 1. The van der Waals surface area contributed by atoms with Crippen molar-refractivity contribution >= 4 is 11.9 Å². The van der Waals surface area contributed by atoms with Crippen LogP contribution in [0.25, 0.3) is 6.20 Å². The molecule has 0 radical (unpaired) electrons. The molecular formula is C5H8N4. The van der Waals surface area contributed by atoms with E-state index in [0.717, 1.165) is 5.69 Å². The van der Waals surface area contributed by atoms with Crippen molar-refractivity contribution in [2.45, 2.75) is 0 Å². The van der Waals surface area contributed by atoms with Crippen LogP contribution in [0.5, 0.6) is 0 Å². The number of hydrogen-bond acceptors (Lipinski definition) is 3. The van der Waals surface area contributed by atoms with Gasteiger partial charge in [-0.1, -0.05) is 6.58 Å². The maximum absolute atomic E-state index is 5.08. The van der Waals surface area contributed by atoms with Crippen molar-refractivity contribution in [2.24, 2.45) is 5.84 Å². The molecular weight excluding hydrogens is 116 g/mol. The third-order valence-corrected chi connectivity index (χ3v) is 0.955.